The predicted molar refractivity (Wildman–Crippen MR) is 114 cm³/mol. The first kappa shape index (κ1) is 21.2. The van der Waals surface area contributed by atoms with E-state index in [1.165, 1.54) is 11.1 Å². The van der Waals surface area contributed by atoms with Gasteiger partial charge in [-0.05, 0) is 30.5 Å². The minimum absolute atomic E-state index is 0. The van der Waals surface area contributed by atoms with E-state index in [1.807, 2.05) is 12.1 Å². The van der Waals surface area contributed by atoms with Crippen molar-refractivity contribution in [3.8, 4) is 5.88 Å². The van der Waals surface area contributed by atoms with Crippen LogP contribution in [-0.2, 0) is 19.5 Å². The summed E-state index contributed by atoms with van der Waals surface area (Å²) in [5, 5.41) is 6.67. The zero-order valence-electron chi connectivity index (χ0n) is 15.1. The third-order valence-electron chi connectivity index (χ3n) is 3.74. The first-order valence-corrected chi connectivity index (χ1v) is 8.35. The van der Waals surface area contributed by atoms with Gasteiger partial charge in [0.2, 0.25) is 5.88 Å². The summed E-state index contributed by atoms with van der Waals surface area (Å²) in [5.74, 6) is 1.41. The summed E-state index contributed by atoms with van der Waals surface area (Å²) in [6.45, 7) is 6.31. The molecule has 2 N–H and O–H groups in total. The fourth-order valence-corrected chi connectivity index (χ4v) is 2.49. The molecule has 1 aromatic carbocycles. The number of ether oxygens (including phenoxy) is 1. The Bertz CT molecular complexity index is 676. The Kier molecular flexibility index (Phi) is 9.91. The topological polar surface area (TPSA) is 58.5 Å². The standard InChI is InChI=1S/C19H26N4O.HI/c1-4-15-9-6-7-10-16(15)13-22-19(20-5-2)23-14-17-11-8-12-21-18(17)24-3;/h6-12H,4-5,13-14H2,1-3H3,(H2,20,22,23);1H. The van der Waals surface area contributed by atoms with E-state index in [2.05, 4.69) is 58.7 Å². The van der Waals surface area contributed by atoms with Gasteiger partial charge in [-0.1, -0.05) is 37.3 Å². The van der Waals surface area contributed by atoms with Gasteiger partial charge in [-0.15, -0.1) is 24.0 Å². The van der Waals surface area contributed by atoms with Gasteiger partial charge in [0, 0.05) is 24.8 Å². The Balaban J connectivity index is 0.00000312. The smallest absolute Gasteiger partial charge is 0.218 e. The van der Waals surface area contributed by atoms with Gasteiger partial charge in [-0.2, -0.15) is 0 Å². The lowest BCUT2D eigenvalue weighted by Gasteiger charge is -2.13. The Morgan fingerprint density at radius 3 is 2.44 bits per heavy atom. The van der Waals surface area contributed by atoms with Crippen LogP contribution in [0.5, 0.6) is 5.88 Å². The minimum atomic E-state index is 0. The van der Waals surface area contributed by atoms with E-state index in [9.17, 15) is 0 Å². The van der Waals surface area contributed by atoms with Gasteiger partial charge in [0.15, 0.2) is 5.96 Å². The molecule has 0 amide bonds. The number of hydrogen-bond acceptors (Lipinski definition) is 3. The molecule has 136 valence electrons. The van der Waals surface area contributed by atoms with Crippen molar-refractivity contribution in [2.75, 3.05) is 13.7 Å². The number of guanidine groups is 1. The van der Waals surface area contributed by atoms with Crippen molar-refractivity contribution in [1.29, 1.82) is 0 Å². The summed E-state index contributed by atoms with van der Waals surface area (Å²) in [7, 11) is 1.63. The number of aromatic nitrogens is 1. The third-order valence-corrected chi connectivity index (χ3v) is 3.74. The number of methoxy groups -OCH3 is 1. The molecule has 1 heterocycles. The molecule has 0 atom stereocenters. The molecule has 0 unspecified atom stereocenters. The van der Waals surface area contributed by atoms with Gasteiger partial charge in [0.1, 0.15) is 0 Å². The lowest BCUT2D eigenvalue weighted by atomic mass is 10.1. The maximum atomic E-state index is 5.28. The van der Waals surface area contributed by atoms with Crippen LogP contribution in [0.15, 0.2) is 47.6 Å². The molecule has 0 saturated carbocycles. The molecule has 0 aliphatic heterocycles. The highest BCUT2D eigenvalue weighted by Gasteiger charge is 2.05. The fourth-order valence-electron chi connectivity index (χ4n) is 2.49. The van der Waals surface area contributed by atoms with E-state index in [0.717, 1.165) is 31.0 Å². The van der Waals surface area contributed by atoms with Gasteiger partial charge in [-0.3, -0.25) is 0 Å². The second-order valence-electron chi connectivity index (χ2n) is 5.34. The number of benzene rings is 1. The van der Waals surface area contributed by atoms with Gasteiger partial charge < -0.3 is 15.4 Å². The number of aryl methyl sites for hydroxylation is 1. The Hall–Kier alpha value is -1.83. The second-order valence-corrected chi connectivity index (χ2v) is 5.34. The molecule has 2 aromatic rings. The van der Waals surface area contributed by atoms with Crippen molar-refractivity contribution in [2.24, 2.45) is 4.99 Å². The minimum Gasteiger partial charge on any atom is -0.481 e. The summed E-state index contributed by atoms with van der Waals surface area (Å²) in [6.07, 6.45) is 2.75. The van der Waals surface area contributed by atoms with Crippen LogP contribution in [0, 0.1) is 0 Å². The van der Waals surface area contributed by atoms with Crippen molar-refractivity contribution < 1.29 is 4.74 Å². The zero-order valence-corrected chi connectivity index (χ0v) is 17.4. The van der Waals surface area contributed by atoms with Crippen LogP contribution < -0.4 is 15.4 Å². The molecule has 0 radical (unpaired) electrons. The highest BCUT2D eigenvalue weighted by molar-refractivity contribution is 14.0. The van der Waals surface area contributed by atoms with Crippen molar-refractivity contribution in [2.45, 2.75) is 33.4 Å². The average Bonchev–Trinajstić information content (AvgIpc) is 2.64. The first-order valence-electron chi connectivity index (χ1n) is 8.35. The summed E-state index contributed by atoms with van der Waals surface area (Å²) in [4.78, 5) is 8.84. The summed E-state index contributed by atoms with van der Waals surface area (Å²) in [6, 6.07) is 12.3. The monoisotopic (exact) mass is 454 g/mol. The van der Waals surface area contributed by atoms with Crippen LogP contribution in [-0.4, -0.2) is 24.6 Å². The molecule has 5 nitrogen and oxygen atoms in total. The van der Waals surface area contributed by atoms with Crippen molar-refractivity contribution >= 4 is 29.9 Å². The molecular weight excluding hydrogens is 427 g/mol. The number of nitrogens with one attached hydrogen (secondary N) is 2. The summed E-state index contributed by atoms with van der Waals surface area (Å²) < 4.78 is 5.28. The average molecular weight is 454 g/mol. The van der Waals surface area contributed by atoms with Gasteiger partial charge in [0.25, 0.3) is 0 Å². The molecule has 2 rings (SSSR count). The van der Waals surface area contributed by atoms with Crippen LogP contribution in [0.2, 0.25) is 0 Å². The zero-order chi connectivity index (χ0) is 17.2. The molecule has 0 aliphatic carbocycles. The Morgan fingerprint density at radius 1 is 1.04 bits per heavy atom. The molecule has 0 saturated heterocycles. The number of halogens is 1. The Labute approximate surface area is 167 Å². The molecule has 1 aromatic heterocycles. The van der Waals surface area contributed by atoms with E-state index >= 15 is 0 Å². The van der Waals surface area contributed by atoms with E-state index in [0.29, 0.717) is 12.4 Å². The van der Waals surface area contributed by atoms with Crippen LogP contribution in [0.3, 0.4) is 0 Å². The maximum absolute atomic E-state index is 5.28. The SMILES string of the molecule is CCNC(=NCc1cccnc1OC)NCc1ccccc1CC.I. The van der Waals surface area contributed by atoms with Crippen LogP contribution in [0.4, 0.5) is 0 Å². The normalized spacial score (nSPS) is 10.8. The largest absolute Gasteiger partial charge is 0.481 e. The Morgan fingerprint density at radius 2 is 1.76 bits per heavy atom. The molecular formula is C19H27IN4O. The van der Waals surface area contributed by atoms with Crippen LogP contribution in [0.25, 0.3) is 0 Å². The number of nitrogens with zero attached hydrogens (tertiary/aromatic N) is 2. The third kappa shape index (κ3) is 6.53. The predicted octanol–water partition coefficient (Wildman–Crippen LogP) is 3.53. The van der Waals surface area contributed by atoms with E-state index in [-0.39, 0.29) is 24.0 Å². The molecule has 0 spiro atoms. The van der Waals surface area contributed by atoms with E-state index in [4.69, 9.17) is 4.74 Å². The highest BCUT2D eigenvalue weighted by atomic mass is 127. The molecule has 0 aliphatic rings. The maximum Gasteiger partial charge on any atom is 0.218 e. The molecule has 25 heavy (non-hydrogen) atoms. The van der Waals surface area contributed by atoms with Crippen LogP contribution >= 0.6 is 24.0 Å². The van der Waals surface area contributed by atoms with E-state index in [1.54, 1.807) is 13.3 Å². The number of pyridine rings is 1. The van der Waals surface area contributed by atoms with E-state index < -0.39 is 0 Å². The number of hydrogen-bond donors (Lipinski definition) is 2. The van der Waals surface area contributed by atoms with Crippen LogP contribution in [0.1, 0.15) is 30.5 Å². The van der Waals surface area contributed by atoms with Gasteiger partial charge >= 0.3 is 0 Å². The summed E-state index contributed by atoms with van der Waals surface area (Å²) >= 11 is 0. The van der Waals surface area contributed by atoms with Gasteiger partial charge in [0.05, 0.1) is 13.7 Å². The quantitative estimate of drug-likeness (QED) is 0.382. The highest BCUT2D eigenvalue weighted by Crippen LogP contribution is 2.14. The second kappa shape index (κ2) is 11.7. The lowest BCUT2D eigenvalue weighted by molar-refractivity contribution is 0.392. The van der Waals surface area contributed by atoms with Crippen molar-refractivity contribution in [3.63, 3.8) is 0 Å². The molecule has 0 bridgehead atoms. The van der Waals surface area contributed by atoms with Gasteiger partial charge in [-0.25, -0.2) is 9.98 Å². The number of aliphatic imine (C=N–C) groups is 1. The van der Waals surface area contributed by atoms with Crippen molar-refractivity contribution in [1.82, 2.24) is 15.6 Å². The fraction of sp³-hybridized carbons (Fsp3) is 0.368. The van der Waals surface area contributed by atoms with Crippen molar-refractivity contribution in [3.05, 3.63) is 59.3 Å². The first-order chi connectivity index (χ1) is 11.8. The lowest BCUT2D eigenvalue weighted by Crippen LogP contribution is -2.37. The molecule has 6 heteroatoms. The summed E-state index contributed by atoms with van der Waals surface area (Å²) in [5.41, 5.74) is 3.62. The number of rotatable bonds is 7. The molecule has 0 fully saturated rings.